The molecule has 3 aliphatic heterocycles. The standard InChI is InChI=1S/C15H24N4O7S2/c1-6-11-10(7(2)20)14(21)19(11)12(15(22)23)13(6)27-9-3-8(17-4-9)5-26-18-28(16,24)25/h6-11,17-18,20H,3-5H2,1-2H3,(H,22,23)(H2,16,24,25)/t6-,7-,8+,9-,10-,11-/m1/s1. The number of aliphatic hydroxyl groups excluding tert-OH is 1. The number of amides is 1. The van der Waals surface area contributed by atoms with E-state index in [1.165, 1.54) is 16.7 Å². The number of β-lactam (4-membered cyclic amide) rings is 1. The Morgan fingerprint density at radius 3 is 2.79 bits per heavy atom. The van der Waals surface area contributed by atoms with E-state index in [1.54, 1.807) is 11.8 Å². The molecular weight excluding hydrogens is 412 g/mol. The van der Waals surface area contributed by atoms with E-state index >= 15 is 0 Å². The van der Waals surface area contributed by atoms with Crippen molar-refractivity contribution >= 4 is 33.8 Å². The molecule has 2 fully saturated rings. The van der Waals surface area contributed by atoms with Gasteiger partial charge in [-0.15, -0.1) is 11.8 Å². The third-order valence-corrected chi connectivity index (χ3v) is 7.11. The minimum Gasteiger partial charge on any atom is -0.477 e. The van der Waals surface area contributed by atoms with Crippen molar-refractivity contribution in [2.75, 3.05) is 13.2 Å². The van der Waals surface area contributed by atoms with Gasteiger partial charge in [0.1, 0.15) is 5.70 Å². The van der Waals surface area contributed by atoms with E-state index in [-0.39, 0.29) is 41.5 Å². The summed E-state index contributed by atoms with van der Waals surface area (Å²) in [5.41, 5.74) is -0.00000759. The molecule has 3 rings (SSSR count). The highest BCUT2D eigenvalue weighted by Crippen LogP contribution is 2.51. The summed E-state index contributed by atoms with van der Waals surface area (Å²) in [6.07, 6.45) is -0.213. The summed E-state index contributed by atoms with van der Waals surface area (Å²) in [6, 6.07) is -0.463. The van der Waals surface area contributed by atoms with Gasteiger partial charge in [0.05, 0.1) is 24.7 Å². The molecule has 0 spiro atoms. The Balaban J connectivity index is 1.65. The summed E-state index contributed by atoms with van der Waals surface area (Å²) in [4.78, 5) is 32.7. The highest BCUT2D eigenvalue weighted by molar-refractivity contribution is 8.03. The summed E-state index contributed by atoms with van der Waals surface area (Å²) in [6.45, 7) is 4.07. The third-order valence-electron chi connectivity index (χ3n) is 5.25. The first-order valence-corrected chi connectivity index (χ1v) is 11.2. The third kappa shape index (κ3) is 4.06. The Hall–Kier alpha value is -1.22. The molecule has 1 amide bonds. The molecule has 11 nitrogen and oxygen atoms in total. The molecule has 6 N–H and O–H groups in total. The summed E-state index contributed by atoms with van der Waals surface area (Å²) < 4.78 is 21.6. The quantitative estimate of drug-likeness (QED) is 0.220. The molecule has 0 aromatic heterocycles. The lowest BCUT2D eigenvalue weighted by atomic mass is 9.79. The summed E-state index contributed by atoms with van der Waals surface area (Å²) in [5.74, 6) is -2.29. The minimum absolute atomic E-state index is 0.00000759. The van der Waals surface area contributed by atoms with Crippen molar-refractivity contribution < 1.29 is 33.1 Å². The molecule has 2 saturated heterocycles. The maximum atomic E-state index is 12.3. The Labute approximate surface area is 166 Å². The number of nitrogens with two attached hydrogens (primary N) is 1. The van der Waals surface area contributed by atoms with Gasteiger partial charge in [-0.25, -0.2) is 9.93 Å². The van der Waals surface area contributed by atoms with Gasteiger partial charge in [-0.05, 0) is 13.3 Å². The zero-order chi connectivity index (χ0) is 20.8. The van der Waals surface area contributed by atoms with E-state index in [0.717, 1.165) is 0 Å². The first-order chi connectivity index (χ1) is 13.0. The molecule has 28 heavy (non-hydrogen) atoms. The molecule has 158 valence electrons. The number of carboxylic acid groups (broad SMARTS) is 1. The van der Waals surface area contributed by atoms with Crippen LogP contribution in [0.1, 0.15) is 20.3 Å². The smallest absolute Gasteiger partial charge is 0.353 e. The van der Waals surface area contributed by atoms with Gasteiger partial charge < -0.3 is 20.4 Å². The number of thioether (sulfide) groups is 1. The Bertz CT molecular complexity index is 800. The molecule has 3 heterocycles. The monoisotopic (exact) mass is 436 g/mol. The fourth-order valence-corrected chi connectivity index (χ4v) is 5.82. The van der Waals surface area contributed by atoms with Crippen molar-refractivity contribution in [1.29, 1.82) is 0 Å². The number of nitrogens with one attached hydrogen (secondary N) is 2. The van der Waals surface area contributed by atoms with Crippen LogP contribution in [0.3, 0.4) is 0 Å². The van der Waals surface area contributed by atoms with E-state index in [9.17, 15) is 28.2 Å². The molecule has 0 aliphatic carbocycles. The number of hydrogen-bond acceptors (Lipinski definition) is 8. The number of carbonyl (C=O) groups is 2. The number of aliphatic carboxylic acids is 1. The summed E-state index contributed by atoms with van der Waals surface area (Å²) >= 11 is 1.41. The average Bonchev–Trinajstić information content (AvgIpc) is 3.09. The van der Waals surface area contributed by atoms with Crippen LogP contribution in [0.15, 0.2) is 10.6 Å². The highest BCUT2D eigenvalue weighted by Gasteiger charge is 2.60. The van der Waals surface area contributed by atoms with E-state index < -0.39 is 28.2 Å². The second kappa shape index (κ2) is 7.89. The SMILES string of the molecule is C[C@@H](O)[C@H]1C(=O)N2C(C(=O)O)=C(S[C@H]3CN[C@H](CONS(N)(=O)=O)C3)[C@H](C)[C@H]12. The van der Waals surface area contributed by atoms with E-state index in [0.29, 0.717) is 17.9 Å². The number of carbonyl (C=O) groups excluding carboxylic acids is 1. The predicted octanol–water partition coefficient (Wildman–Crippen LogP) is -1.67. The molecule has 0 aromatic carbocycles. The molecule has 0 saturated carbocycles. The van der Waals surface area contributed by atoms with Crippen molar-refractivity contribution in [3.63, 3.8) is 0 Å². The lowest BCUT2D eigenvalue weighted by Gasteiger charge is -2.46. The zero-order valence-electron chi connectivity index (χ0n) is 15.4. The summed E-state index contributed by atoms with van der Waals surface area (Å²) in [5, 5.41) is 27.5. The molecule has 0 bridgehead atoms. The van der Waals surface area contributed by atoms with Crippen LogP contribution in [-0.2, 0) is 24.6 Å². The number of carboxylic acids is 1. The molecule has 0 radical (unpaired) electrons. The molecule has 3 aliphatic rings. The second-order valence-electron chi connectivity index (χ2n) is 7.29. The molecule has 0 aromatic rings. The molecular formula is C15H24N4O7S2. The van der Waals surface area contributed by atoms with Crippen LogP contribution in [0.4, 0.5) is 0 Å². The van der Waals surface area contributed by atoms with Gasteiger partial charge in [0.2, 0.25) is 5.91 Å². The number of aliphatic hydroxyl groups is 1. The van der Waals surface area contributed by atoms with Crippen molar-refractivity contribution in [1.82, 2.24) is 15.1 Å². The Morgan fingerprint density at radius 1 is 1.54 bits per heavy atom. The first kappa shape index (κ1) is 21.5. The maximum absolute atomic E-state index is 12.3. The lowest BCUT2D eigenvalue weighted by Crippen LogP contribution is -2.63. The number of hydrogen-bond donors (Lipinski definition) is 5. The van der Waals surface area contributed by atoms with Crippen molar-refractivity contribution in [2.45, 2.75) is 43.7 Å². The zero-order valence-corrected chi connectivity index (χ0v) is 17.0. The van der Waals surface area contributed by atoms with E-state index in [4.69, 9.17) is 9.98 Å². The first-order valence-electron chi connectivity index (χ1n) is 8.81. The Kier molecular flexibility index (Phi) is 6.06. The van der Waals surface area contributed by atoms with Crippen molar-refractivity contribution in [2.24, 2.45) is 17.0 Å². The van der Waals surface area contributed by atoms with Gasteiger partial charge in [-0.3, -0.25) is 9.63 Å². The van der Waals surface area contributed by atoms with E-state index in [2.05, 4.69) is 5.32 Å². The van der Waals surface area contributed by atoms with Gasteiger partial charge in [-0.1, -0.05) is 11.8 Å². The van der Waals surface area contributed by atoms with Crippen LogP contribution in [-0.4, -0.2) is 72.0 Å². The van der Waals surface area contributed by atoms with Gasteiger partial charge in [-0.2, -0.15) is 8.42 Å². The van der Waals surface area contributed by atoms with Gasteiger partial charge >= 0.3 is 5.97 Å². The number of fused-ring (bicyclic) bond motifs is 1. The minimum atomic E-state index is -3.93. The summed E-state index contributed by atoms with van der Waals surface area (Å²) in [7, 11) is -3.93. The highest BCUT2D eigenvalue weighted by atomic mass is 32.2. The predicted molar refractivity (Wildman–Crippen MR) is 99.6 cm³/mol. The normalized spacial score (nSPS) is 33.8. The van der Waals surface area contributed by atoms with Crippen LogP contribution in [0.2, 0.25) is 0 Å². The van der Waals surface area contributed by atoms with Gasteiger partial charge in [0.25, 0.3) is 10.2 Å². The largest absolute Gasteiger partial charge is 0.477 e. The molecule has 6 atom stereocenters. The van der Waals surface area contributed by atoms with Gasteiger partial charge in [0.15, 0.2) is 0 Å². The Morgan fingerprint density at radius 2 is 2.21 bits per heavy atom. The number of nitrogens with zero attached hydrogens (tertiary/aromatic N) is 1. The second-order valence-corrected chi connectivity index (χ2v) is 9.89. The maximum Gasteiger partial charge on any atom is 0.353 e. The van der Waals surface area contributed by atoms with Crippen LogP contribution in [0.5, 0.6) is 0 Å². The molecule has 13 heteroatoms. The topological polar surface area (TPSA) is 171 Å². The van der Waals surface area contributed by atoms with Gasteiger partial charge in [0, 0.05) is 28.7 Å². The van der Waals surface area contributed by atoms with Crippen LogP contribution in [0, 0.1) is 11.8 Å². The van der Waals surface area contributed by atoms with Crippen molar-refractivity contribution in [3.8, 4) is 0 Å². The van der Waals surface area contributed by atoms with Crippen molar-refractivity contribution in [3.05, 3.63) is 10.6 Å². The molecule has 0 unspecified atom stereocenters. The van der Waals surface area contributed by atoms with Crippen LogP contribution >= 0.6 is 11.8 Å². The average molecular weight is 437 g/mol. The van der Waals surface area contributed by atoms with E-state index in [1.807, 2.05) is 6.92 Å². The van der Waals surface area contributed by atoms with Crippen LogP contribution in [0.25, 0.3) is 0 Å². The number of rotatable bonds is 8. The lowest BCUT2D eigenvalue weighted by molar-refractivity contribution is -0.163. The van der Waals surface area contributed by atoms with Crippen LogP contribution < -0.4 is 15.3 Å². The fourth-order valence-electron chi connectivity index (χ4n) is 4.07. The fraction of sp³-hybridized carbons (Fsp3) is 0.733.